The Kier molecular flexibility index (Phi) is 16.4. The Balaban J connectivity index is 3.11. The zero-order valence-electron chi connectivity index (χ0n) is 14.2. The van der Waals surface area contributed by atoms with E-state index in [1.54, 1.807) is 0 Å². The van der Waals surface area contributed by atoms with Gasteiger partial charge in [0.15, 0.2) is 6.61 Å². The average molecular weight is 333 g/mol. The van der Waals surface area contributed by atoms with Gasteiger partial charge in [0, 0.05) is 6.42 Å². The summed E-state index contributed by atoms with van der Waals surface area (Å²) in [6, 6.07) is 0. The van der Waals surface area contributed by atoms with Crippen LogP contribution in [-0.4, -0.2) is 17.8 Å². The second-order valence-corrected chi connectivity index (χ2v) is 6.43. The van der Waals surface area contributed by atoms with Gasteiger partial charge in [-0.3, -0.25) is 9.59 Å². The molecule has 0 bridgehead atoms. The van der Waals surface area contributed by atoms with Crippen LogP contribution in [0.1, 0.15) is 96.8 Å². The van der Waals surface area contributed by atoms with Crippen molar-refractivity contribution in [2.45, 2.75) is 96.8 Å². The van der Waals surface area contributed by atoms with E-state index in [2.05, 4.69) is 6.92 Å². The summed E-state index contributed by atoms with van der Waals surface area (Å²) in [5.74, 6) is -0.322. The molecule has 0 heterocycles. The van der Waals surface area contributed by atoms with E-state index >= 15 is 0 Å². The summed E-state index contributed by atoms with van der Waals surface area (Å²) < 4.78 is 4.69. The zero-order valence-corrected chi connectivity index (χ0v) is 15.0. The average Bonchev–Trinajstić information content (AvgIpc) is 2.49. The summed E-state index contributed by atoms with van der Waals surface area (Å²) in [5, 5.41) is -0.626. The fraction of sp³-hybridized carbons (Fsp3) is 0.889. The van der Waals surface area contributed by atoms with Crippen LogP contribution in [-0.2, 0) is 14.3 Å². The minimum atomic E-state index is -0.626. The van der Waals surface area contributed by atoms with Crippen LogP contribution in [0.2, 0.25) is 0 Å². The maximum absolute atomic E-state index is 11.2. The predicted molar refractivity (Wildman–Crippen MR) is 92.1 cm³/mol. The van der Waals surface area contributed by atoms with Crippen LogP contribution >= 0.6 is 11.6 Å². The highest BCUT2D eigenvalue weighted by atomic mass is 35.5. The monoisotopic (exact) mass is 332 g/mol. The minimum absolute atomic E-state index is 0.307. The minimum Gasteiger partial charge on any atom is -0.456 e. The molecule has 0 spiro atoms. The van der Waals surface area contributed by atoms with Crippen LogP contribution in [0.5, 0.6) is 0 Å². The van der Waals surface area contributed by atoms with Gasteiger partial charge in [0.2, 0.25) is 0 Å². The first-order valence-electron chi connectivity index (χ1n) is 9.00. The molecule has 0 aromatic rings. The summed E-state index contributed by atoms with van der Waals surface area (Å²) in [6.07, 6.45) is 17.0. The molecule has 0 aromatic heterocycles. The highest BCUT2D eigenvalue weighted by Crippen LogP contribution is 2.13. The fourth-order valence-corrected chi connectivity index (χ4v) is 2.55. The lowest BCUT2D eigenvalue weighted by Crippen LogP contribution is -2.09. The second kappa shape index (κ2) is 16.8. The third-order valence-corrected chi connectivity index (χ3v) is 3.94. The molecule has 0 aliphatic carbocycles. The third kappa shape index (κ3) is 17.5. The van der Waals surface area contributed by atoms with E-state index in [-0.39, 0.29) is 12.6 Å². The van der Waals surface area contributed by atoms with Gasteiger partial charge in [-0.1, -0.05) is 84.0 Å². The molecular formula is C18H33ClO3. The highest BCUT2D eigenvalue weighted by Gasteiger charge is 2.04. The number of ether oxygens (including phenoxy) is 1. The van der Waals surface area contributed by atoms with Crippen LogP contribution in [0.15, 0.2) is 0 Å². The maximum Gasteiger partial charge on any atom is 0.306 e. The summed E-state index contributed by atoms with van der Waals surface area (Å²) in [4.78, 5) is 21.6. The van der Waals surface area contributed by atoms with Crippen LogP contribution in [0.25, 0.3) is 0 Å². The first-order valence-corrected chi connectivity index (χ1v) is 9.38. The Hall–Kier alpha value is -0.570. The Morgan fingerprint density at radius 1 is 0.727 bits per heavy atom. The molecule has 0 saturated heterocycles. The van der Waals surface area contributed by atoms with Crippen molar-refractivity contribution in [3.8, 4) is 0 Å². The van der Waals surface area contributed by atoms with E-state index in [9.17, 15) is 9.59 Å². The van der Waals surface area contributed by atoms with Crippen LogP contribution in [0.4, 0.5) is 0 Å². The largest absolute Gasteiger partial charge is 0.456 e. The van der Waals surface area contributed by atoms with E-state index in [0.717, 1.165) is 12.8 Å². The Morgan fingerprint density at radius 3 is 1.55 bits per heavy atom. The van der Waals surface area contributed by atoms with Crippen LogP contribution < -0.4 is 0 Å². The number of carbonyl (C=O) groups is 2. The molecule has 0 atom stereocenters. The maximum atomic E-state index is 11.2. The van der Waals surface area contributed by atoms with Gasteiger partial charge in [-0.05, 0) is 18.0 Å². The van der Waals surface area contributed by atoms with E-state index < -0.39 is 5.24 Å². The molecule has 0 N–H and O–H groups in total. The van der Waals surface area contributed by atoms with Crippen molar-refractivity contribution in [3.63, 3.8) is 0 Å². The molecule has 4 heteroatoms. The number of esters is 1. The number of unbranched alkanes of at least 4 members (excludes halogenated alkanes) is 12. The summed E-state index contributed by atoms with van der Waals surface area (Å²) in [5.41, 5.74) is 0. The molecule has 0 saturated carbocycles. The van der Waals surface area contributed by atoms with Crippen molar-refractivity contribution in [3.05, 3.63) is 0 Å². The molecule has 0 aliphatic heterocycles. The molecule has 22 heavy (non-hydrogen) atoms. The molecule has 130 valence electrons. The lowest BCUT2D eigenvalue weighted by Gasteiger charge is -2.03. The first-order chi connectivity index (χ1) is 10.7. The molecule has 0 aromatic carbocycles. The normalized spacial score (nSPS) is 10.6. The van der Waals surface area contributed by atoms with E-state index in [0.29, 0.717) is 6.42 Å². The number of rotatable bonds is 16. The van der Waals surface area contributed by atoms with Crippen LogP contribution in [0.3, 0.4) is 0 Å². The Labute approximate surface area is 141 Å². The van der Waals surface area contributed by atoms with Gasteiger partial charge in [-0.2, -0.15) is 0 Å². The first kappa shape index (κ1) is 21.4. The van der Waals surface area contributed by atoms with Crippen molar-refractivity contribution in [1.82, 2.24) is 0 Å². The van der Waals surface area contributed by atoms with Gasteiger partial charge in [0.25, 0.3) is 5.24 Å². The van der Waals surface area contributed by atoms with E-state index in [1.165, 1.54) is 70.6 Å². The zero-order chi connectivity index (χ0) is 16.5. The smallest absolute Gasteiger partial charge is 0.306 e. The van der Waals surface area contributed by atoms with E-state index in [1.807, 2.05) is 0 Å². The Morgan fingerprint density at radius 2 is 1.14 bits per heavy atom. The van der Waals surface area contributed by atoms with Gasteiger partial charge in [0.05, 0.1) is 0 Å². The van der Waals surface area contributed by atoms with Crippen molar-refractivity contribution in [2.24, 2.45) is 0 Å². The summed E-state index contributed by atoms with van der Waals surface area (Å²) in [7, 11) is 0. The van der Waals surface area contributed by atoms with Gasteiger partial charge in [-0.25, -0.2) is 0 Å². The van der Waals surface area contributed by atoms with Gasteiger partial charge in [0.1, 0.15) is 0 Å². The molecule has 3 nitrogen and oxygen atoms in total. The lowest BCUT2D eigenvalue weighted by atomic mass is 10.0. The van der Waals surface area contributed by atoms with Crippen molar-refractivity contribution in [1.29, 1.82) is 0 Å². The molecule has 0 aliphatic rings. The quantitative estimate of drug-likeness (QED) is 0.204. The van der Waals surface area contributed by atoms with Gasteiger partial charge >= 0.3 is 5.97 Å². The van der Waals surface area contributed by atoms with E-state index in [4.69, 9.17) is 16.3 Å². The summed E-state index contributed by atoms with van der Waals surface area (Å²) in [6.45, 7) is 1.95. The number of hydrogen-bond donors (Lipinski definition) is 0. The van der Waals surface area contributed by atoms with Crippen molar-refractivity contribution in [2.75, 3.05) is 6.61 Å². The predicted octanol–water partition coefficient (Wildman–Crippen LogP) is 5.78. The molecule has 0 amide bonds. The molecule has 0 radical (unpaired) electrons. The number of halogens is 1. The highest BCUT2D eigenvalue weighted by molar-refractivity contribution is 6.64. The van der Waals surface area contributed by atoms with Crippen LogP contribution in [0, 0.1) is 0 Å². The third-order valence-electron chi connectivity index (χ3n) is 3.83. The second-order valence-electron chi connectivity index (χ2n) is 6.01. The SMILES string of the molecule is CCCCCCCCCCCCCCCC(=O)OCC(=O)Cl. The molecule has 0 fully saturated rings. The fourth-order valence-electron chi connectivity index (χ4n) is 2.50. The van der Waals surface area contributed by atoms with Gasteiger partial charge < -0.3 is 4.74 Å². The Bertz CT molecular complexity index is 280. The standard InChI is InChI=1S/C18H33ClO3/c1-2-3-4-5-6-7-8-9-10-11-12-13-14-15-18(21)22-16-17(19)20/h2-16H2,1H3. The molecular weight excluding hydrogens is 300 g/mol. The topological polar surface area (TPSA) is 43.4 Å². The molecule has 0 unspecified atom stereocenters. The lowest BCUT2D eigenvalue weighted by molar-refractivity contribution is -0.146. The van der Waals surface area contributed by atoms with Crippen molar-refractivity contribution >= 4 is 22.8 Å². The number of carbonyl (C=O) groups excluding carboxylic acids is 2. The van der Waals surface area contributed by atoms with Crippen molar-refractivity contribution < 1.29 is 14.3 Å². The molecule has 0 rings (SSSR count). The summed E-state index contributed by atoms with van der Waals surface area (Å²) >= 11 is 5.09. The number of hydrogen-bond acceptors (Lipinski definition) is 3. The van der Waals surface area contributed by atoms with Gasteiger partial charge in [-0.15, -0.1) is 0 Å².